The van der Waals surface area contributed by atoms with Gasteiger partial charge in [-0.25, -0.2) is 0 Å². The second-order valence-electron chi connectivity index (χ2n) is 3.44. The molecule has 0 unspecified atom stereocenters. The number of rotatable bonds is 4. The number of anilines is 1. The zero-order valence-corrected chi connectivity index (χ0v) is 11.8. The average molecular weight is 348 g/mol. The third-order valence-electron chi connectivity index (χ3n) is 2.21. The summed E-state index contributed by atoms with van der Waals surface area (Å²) in [5.74, 6) is -2.97. The Morgan fingerprint density at radius 3 is 2.68 bits per heavy atom. The number of amides is 1. The van der Waals surface area contributed by atoms with Crippen molar-refractivity contribution in [3.63, 3.8) is 0 Å². The summed E-state index contributed by atoms with van der Waals surface area (Å²) in [7, 11) is 0. The van der Waals surface area contributed by atoms with Crippen molar-refractivity contribution in [2.24, 2.45) is 0 Å². The van der Waals surface area contributed by atoms with Crippen LogP contribution in [-0.2, 0) is 0 Å². The van der Waals surface area contributed by atoms with Crippen LogP contribution in [-0.4, -0.2) is 11.7 Å². The highest BCUT2D eigenvalue weighted by Gasteiger charge is 2.15. The van der Waals surface area contributed by atoms with Gasteiger partial charge in [-0.2, -0.15) is 8.78 Å². The van der Waals surface area contributed by atoms with Gasteiger partial charge in [0.25, 0.3) is 11.7 Å². The molecule has 3 nitrogen and oxygen atoms in total. The van der Waals surface area contributed by atoms with Crippen molar-refractivity contribution >= 4 is 39.3 Å². The topological polar surface area (TPSA) is 42.2 Å². The first kappa shape index (κ1) is 14.1. The SMILES string of the molecule is O=C(Nc1ccccc1SC(F)F)c1ccoc1Br. The molecular weight excluding hydrogens is 340 g/mol. The molecular formula is C12H8BrF2NO2S. The van der Waals surface area contributed by atoms with Crippen LogP contribution in [0, 0.1) is 0 Å². The summed E-state index contributed by atoms with van der Waals surface area (Å²) in [4.78, 5) is 12.2. The highest BCUT2D eigenvalue weighted by atomic mass is 79.9. The Bertz CT molecular complexity index is 589. The monoisotopic (exact) mass is 347 g/mol. The molecule has 0 fully saturated rings. The number of furan rings is 1. The first-order valence-electron chi connectivity index (χ1n) is 5.16. The van der Waals surface area contributed by atoms with Gasteiger partial charge < -0.3 is 9.73 Å². The van der Waals surface area contributed by atoms with Crippen LogP contribution in [0.2, 0.25) is 0 Å². The van der Waals surface area contributed by atoms with Gasteiger partial charge >= 0.3 is 0 Å². The molecule has 19 heavy (non-hydrogen) atoms. The summed E-state index contributed by atoms with van der Waals surface area (Å²) < 4.78 is 30.1. The standard InChI is InChI=1S/C12H8BrF2NO2S/c13-10-7(5-6-18-10)11(17)16-8-3-1-2-4-9(8)19-12(14)15/h1-6,12H,(H,16,17). The highest BCUT2D eigenvalue weighted by molar-refractivity contribution is 9.10. The van der Waals surface area contributed by atoms with Gasteiger partial charge in [0.2, 0.25) is 0 Å². The van der Waals surface area contributed by atoms with Crippen LogP contribution in [0.3, 0.4) is 0 Å². The molecule has 0 atom stereocenters. The zero-order valence-electron chi connectivity index (χ0n) is 9.40. The first-order valence-corrected chi connectivity index (χ1v) is 6.83. The Morgan fingerprint density at radius 2 is 2.05 bits per heavy atom. The van der Waals surface area contributed by atoms with Gasteiger partial charge in [0, 0.05) is 4.90 Å². The van der Waals surface area contributed by atoms with Crippen LogP contribution in [0.1, 0.15) is 10.4 Å². The van der Waals surface area contributed by atoms with Crippen LogP contribution < -0.4 is 5.32 Å². The second kappa shape index (κ2) is 6.21. The van der Waals surface area contributed by atoms with Crippen LogP contribution >= 0.6 is 27.7 Å². The van der Waals surface area contributed by atoms with E-state index in [0.29, 0.717) is 32.6 Å². The van der Waals surface area contributed by atoms with Crippen molar-refractivity contribution in [3.8, 4) is 0 Å². The summed E-state index contributed by atoms with van der Waals surface area (Å²) in [6, 6.07) is 7.87. The van der Waals surface area contributed by atoms with Gasteiger partial charge in [0.1, 0.15) is 0 Å². The average Bonchev–Trinajstić information content (AvgIpc) is 2.77. The predicted molar refractivity (Wildman–Crippen MR) is 72.7 cm³/mol. The molecule has 0 aliphatic heterocycles. The summed E-state index contributed by atoms with van der Waals surface area (Å²) in [6.07, 6.45) is 1.36. The first-order chi connectivity index (χ1) is 9.08. The maximum Gasteiger partial charge on any atom is 0.288 e. The molecule has 100 valence electrons. The molecule has 0 bridgehead atoms. The van der Waals surface area contributed by atoms with Crippen molar-refractivity contribution in [2.45, 2.75) is 10.7 Å². The molecule has 0 radical (unpaired) electrons. The number of halogens is 3. The van der Waals surface area contributed by atoms with Gasteiger partial charge in [-0.15, -0.1) is 0 Å². The van der Waals surface area contributed by atoms with Gasteiger partial charge in [-0.1, -0.05) is 23.9 Å². The molecule has 7 heteroatoms. The largest absolute Gasteiger partial charge is 0.457 e. The Labute approximate surface area is 120 Å². The van der Waals surface area contributed by atoms with Crippen LogP contribution in [0.25, 0.3) is 0 Å². The quantitative estimate of drug-likeness (QED) is 0.821. The minimum Gasteiger partial charge on any atom is -0.457 e. The smallest absolute Gasteiger partial charge is 0.288 e. The summed E-state index contributed by atoms with van der Waals surface area (Å²) in [5, 5.41) is 2.58. The van der Waals surface area contributed by atoms with Crippen molar-refractivity contribution in [2.75, 3.05) is 5.32 Å². The van der Waals surface area contributed by atoms with Crippen LogP contribution in [0.5, 0.6) is 0 Å². The zero-order chi connectivity index (χ0) is 13.8. The minimum atomic E-state index is -2.54. The summed E-state index contributed by atoms with van der Waals surface area (Å²) >= 11 is 3.47. The molecule has 0 aliphatic carbocycles. The fourth-order valence-corrected chi connectivity index (χ4v) is 2.43. The minimum absolute atomic E-state index is 0.295. The molecule has 0 aliphatic rings. The number of hydrogen-bond donors (Lipinski definition) is 1. The molecule has 0 saturated heterocycles. The molecule has 1 aromatic carbocycles. The van der Waals surface area contributed by atoms with E-state index in [0.717, 1.165) is 0 Å². The van der Waals surface area contributed by atoms with E-state index in [9.17, 15) is 13.6 Å². The third kappa shape index (κ3) is 3.57. The Morgan fingerprint density at radius 1 is 1.32 bits per heavy atom. The molecule has 0 spiro atoms. The Kier molecular flexibility index (Phi) is 4.60. The fourth-order valence-electron chi connectivity index (χ4n) is 1.41. The van der Waals surface area contributed by atoms with E-state index in [1.807, 2.05) is 0 Å². The Balaban J connectivity index is 2.19. The van der Waals surface area contributed by atoms with E-state index >= 15 is 0 Å². The second-order valence-corrected chi connectivity index (χ2v) is 5.19. The maximum absolute atomic E-state index is 12.4. The fraction of sp³-hybridized carbons (Fsp3) is 0.0833. The summed E-state index contributed by atoms with van der Waals surface area (Å²) in [6.45, 7) is 0. The number of thioether (sulfide) groups is 1. The van der Waals surface area contributed by atoms with Gasteiger partial charge in [0.05, 0.1) is 17.5 Å². The van der Waals surface area contributed by atoms with Crippen molar-refractivity contribution in [1.29, 1.82) is 0 Å². The lowest BCUT2D eigenvalue weighted by molar-refractivity contribution is 0.102. The van der Waals surface area contributed by atoms with E-state index in [1.54, 1.807) is 18.2 Å². The number of hydrogen-bond acceptors (Lipinski definition) is 3. The molecule has 1 aromatic heterocycles. The van der Waals surface area contributed by atoms with E-state index in [-0.39, 0.29) is 0 Å². The molecule has 2 aromatic rings. The van der Waals surface area contributed by atoms with E-state index in [4.69, 9.17) is 4.42 Å². The van der Waals surface area contributed by atoms with Crippen LogP contribution in [0.15, 0.2) is 50.6 Å². The number of carbonyl (C=O) groups excluding carboxylic acids is 1. The molecule has 0 saturated carbocycles. The lowest BCUT2D eigenvalue weighted by Crippen LogP contribution is -2.12. The highest BCUT2D eigenvalue weighted by Crippen LogP contribution is 2.32. The number of carbonyl (C=O) groups is 1. The van der Waals surface area contributed by atoms with Gasteiger partial charge in [0.15, 0.2) is 4.67 Å². The normalized spacial score (nSPS) is 10.7. The van der Waals surface area contributed by atoms with Crippen LogP contribution in [0.4, 0.5) is 14.5 Å². The van der Waals surface area contributed by atoms with E-state index in [2.05, 4.69) is 21.2 Å². The van der Waals surface area contributed by atoms with E-state index < -0.39 is 11.7 Å². The molecule has 1 amide bonds. The number of para-hydroxylation sites is 1. The maximum atomic E-state index is 12.4. The molecule has 2 rings (SSSR count). The molecule has 1 heterocycles. The summed E-state index contributed by atoms with van der Waals surface area (Å²) in [5.41, 5.74) is 0.641. The van der Waals surface area contributed by atoms with E-state index in [1.165, 1.54) is 18.4 Å². The van der Waals surface area contributed by atoms with Gasteiger partial charge in [-0.3, -0.25) is 4.79 Å². The number of alkyl halides is 2. The van der Waals surface area contributed by atoms with Crippen molar-refractivity contribution < 1.29 is 18.0 Å². The number of benzene rings is 1. The third-order valence-corrected chi connectivity index (χ3v) is 3.62. The Hall–Kier alpha value is -1.34. The molecule has 1 N–H and O–H groups in total. The number of nitrogens with one attached hydrogen (secondary N) is 1. The lowest BCUT2D eigenvalue weighted by atomic mass is 10.3. The lowest BCUT2D eigenvalue weighted by Gasteiger charge is -2.09. The predicted octanol–water partition coefficient (Wildman–Crippen LogP) is 4.61. The van der Waals surface area contributed by atoms with Crippen molar-refractivity contribution in [3.05, 3.63) is 46.8 Å². The van der Waals surface area contributed by atoms with Gasteiger partial charge in [-0.05, 0) is 34.1 Å². The van der Waals surface area contributed by atoms with Crippen molar-refractivity contribution in [1.82, 2.24) is 0 Å².